The maximum absolute atomic E-state index is 13.0. The van der Waals surface area contributed by atoms with Gasteiger partial charge >= 0.3 is 0 Å². The molecule has 1 aromatic heterocycles. The van der Waals surface area contributed by atoms with Gasteiger partial charge < -0.3 is 14.0 Å². The van der Waals surface area contributed by atoms with Crippen LogP contribution in [-0.4, -0.2) is 50.5 Å². The summed E-state index contributed by atoms with van der Waals surface area (Å²) in [6, 6.07) is 9.61. The van der Waals surface area contributed by atoms with Crippen molar-refractivity contribution < 1.29 is 22.7 Å². The minimum absolute atomic E-state index is 0.190. The van der Waals surface area contributed by atoms with E-state index in [-0.39, 0.29) is 4.90 Å². The molecule has 1 atom stereocenters. The second-order valence-corrected chi connectivity index (χ2v) is 11.1. The third kappa shape index (κ3) is 4.42. The monoisotopic (exact) mass is 489 g/mol. The summed E-state index contributed by atoms with van der Waals surface area (Å²) in [5, 5.41) is 0. The average Bonchev–Trinajstić information content (AvgIpc) is 3.14. The highest BCUT2D eigenvalue weighted by molar-refractivity contribution is 7.89. The van der Waals surface area contributed by atoms with Gasteiger partial charge in [0.1, 0.15) is 21.7 Å². The number of amides is 1. The number of nitrogens with zero attached hydrogens (tertiary/aromatic N) is 3. The predicted octanol–water partition coefficient (Wildman–Crippen LogP) is 3.42. The van der Waals surface area contributed by atoms with E-state index in [1.54, 1.807) is 18.8 Å². The highest BCUT2D eigenvalue weighted by atomic mass is 32.2. The molecule has 0 aliphatic carbocycles. The zero-order valence-corrected chi connectivity index (χ0v) is 20.7. The fourth-order valence-corrected chi connectivity index (χ4v) is 6.79. The van der Waals surface area contributed by atoms with E-state index in [0.717, 1.165) is 23.1 Å². The molecule has 1 aliphatic rings. The fraction of sp³-hybridized carbons (Fsp3) is 0.391. The summed E-state index contributed by atoms with van der Waals surface area (Å²) in [7, 11) is 1.40. The van der Waals surface area contributed by atoms with Gasteiger partial charge in [-0.15, -0.1) is 0 Å². The lowest BCUT2D eigenvalue weighted by molar-refractivity contribution is 0.0998. The van der Waals surface area contributed by atoms with Crippen LogP contribution in [0.1, 0.15) is 30.1 Å². The van der Waals surface area contributed by atoms with Crippen LogP contribution in [0.3, 0.4) is 0 Å². The second-order valence-electron chi connectivity index (χ2n) is 8.14. The average molecular weight is 490 g/mol. The number of piperidine rings is 1. The number of methoxy groups -OCH3 is 2. The van der Waals surface area contributed by atoms with Gasteiger partial charge in [-0.2, -0.15) is 9.30 Å². The number of sulfonamides is 1. The molecule has 8 nitrogen and oxygen atoms in total. The lowest BCUT2D eigenvalue weighted by Crippen LogP contribution is -2.39. The summed E-state index contributed by atoms with van der Waals surface area (Å²) in [5.41, 5.74) is 1.10. The van der Waals surface area contributed by atoms with E-state index < -0.39 is 15.9 Å². The SMILES string of the molecule is COc1ccc(OC)c2c1sc(=NC(=O)c1ccc(S(=O)(=O)N3CCCC(C)C3)cc1)n2C. The number of carbonyl (C=O) groups excluding carboxylic acids is 1. The van der Waals surface area contributed by atoms with Crippen LogP contribution in [-0.2, 0) is 17.1 Å². The standard InChI is InChI=1S/C23H27N3O5S2/c1-15-6-5-13-26(14-15)33(28,29)17-9-7-16(8-10-17)22(27)24-23-25(2)20-18(30-3)11-12-19(31-4)21(20)32-23/h7-12,15H,5-6,13-14H2,1-4H3. The molecule has 1 unspecified atom stereocenters. The van der Waals surface area contributed by atoms with Crippen LogP contribution >= 0.6 is 11.3 Å². The molecule has 1 saturated heterocycles. The smallest absolute Gasteiger partial charge is 0.279 e. The van der Waals surface area contributed by atoms with Gasteiger partial charge in [0.25, 0.3) is 5.91 Å². The lowest BCUT2D eigenvalue weighted by Gasteiger charge is -2.30. The maximum Gasteiger partial charge on any atom is 0.279 e. The Labute approximate surface area is 197 Å². The van der Waals surface area contributed by atoms with Gasteiger partial charge in [-0.1, -0.05) is 18.3 Å². The first-order valence-corrected chi connectivity index (χ1v) is 12.9. The number of carbonyl (C=O) groups is 1. The van der Waals surface area contributed by atoms with E-state index in [1.165, 1.54) is 39.9 Å². The number of benzene rings is 2. The molecule has 3 aromatic rings. The number of hydrogen-bond acceptors (Lipinski definition) is 6. The van der Waals surface area contributed by atoms with E-state index in [4.69, 9.17) is 9.47 Å². The summed E-state index contributed by atoms with van der Waals surface area (Å²) in [6.45, 7) is 3.11. The van der Waals surface area contributed by atoms with Crippen LogP contribution in [0.5, 0.6) is 11.5 Å². The van der Waals surface area contributed by atoms with Crippen LogP contribution in [0.4, 0.5) is 0 Å². The zero-order valence-electron chi connectivity index (χ0n) is 19.1. The molecule has 1 fully saturated rings. The summed E-state index contributed by atoms with van der Waals surface area (Å²) in [4.78, 5) is 17.8. The molecule has 0 bridgehead atoms. The van der Waals surface area contributed by atoms with E-state index in [1.807, 2.05) is 19.2 Å². The molecule has 0 saturated carbocycles. The van der Waals surface area contributed by atoms with Gasteiger partial charge in [-0.25, -0.2) is 8.42 Å². The number of ether oxygens (including phenoxy) is 2. The van der Waals surface area contributed by atoms with E-state index >= 15 is 0 Å². The molecule has 0 N–H and O–H groups in total. The van der Waals surface area contributed by atoms with Crippen molar-refractivity contribution in [1.29, 1.82) is 0 Å². The predicted molar refractivity (Wildman–Crippen MR) is 127 cm³/mol. The number of rotatable bonds is 5. The molecule has 176 valence electrons. The number of thiazole rings is 1. The number of aromatic nitrogens is 1. The molecule has 33 heavy (non-hydrogen) atoms. The van der Waals surface area contributed by atoms with Crippen molar-refractivity contribution in [3.8, 4) is 11.5 Å². The first-order chi connectivity index (χ1) is 15.8. The minimum atomic E-state index is -3.57. The Kier molecular flexibility index (Phi) is 6.60. The van der Waals surface area contributed by atoms with Crippen LogP contribution in [0.25, 0.3) is 10.2 Å². The van der Waals surface area contributed by atoms with Crippen molar-refractivity contribution >= 4 is 37.5 Å². The van der Waals surface area contributed by atoms with Crippen LogP contribution in [0, 0.1) is 5.92 Å². The molecule has 10 heteroatoms. The number of aryl methyl sites for hydroxylation is 1. The highest BCUT2D eigenvalue weighted by Crippen LogP contribution is 2.34. The summed E-state index contributed by atoms with van der Waals surface area (Å²) < 4.78 is 41.0. The number of hydrogen-bond donors (Lipinski definition) is 0. The van der Waals surface area contributed by atoms with Gasteiger partial charge in [-0.05, 0) is 55.2 Å². The quantitative estimate of drug-likeness (QED) is 0.548. The number of fused-ring (bicyclic) bond motifs is 1. The molecule has 0 radical (unpaired) electrons. The summed E-state index contributed by atoms with van der Waals surface area (Å²) >= 11 is 1.32. The fourth-order valence-electron chi connectivity index (χ4n) is 4.06. The largest absolute Gasteiger partial charge is 0.495 e. The highest BCUT2D eigenvalue weighted by Gasteiger charge is 2.28. The Balaban J connectivity index is 1.66. The molecule has 1 amide bonds. The molecule has 0 spiro atoms. The van der Waals surface area contributed by atoms with Crippen molar-refractivity contribution in [3.63, 3.8) is 0 Å². The zero-order chi connectivity index (χ0) is 23.8. The third-order valence-corrected chi connectivity index (χ3v) is 8.90. The van der Waals surface area contributed by atoms with Gasteiger partial charge in [0.2, 0.25) is 10.0 Å². The van der Waals surface area contributed by atoms with E-state index in [9.17, 15) is 13.2 Å². The Morgan fingerprint density at radius 3 is 2.39 bits per heavy atom. The summed E-state index contributed by atoms with van der Waals surface area (Å²) in [6.07, 6.45) is 1.89. The van der Waals surface area contributed by atoms with E-state index in [0.29, 0.717) is 40.9 Å². The van der Waals surface area contributed by atoms with Gasteiger partial charge in [0.15, 0.2) is 4.80 Å². The first kappa shape index (κ1) is 23.5. The Morgan fingerprint density at radius 2 is 1.76 bits per heavy atom. The van der Waals surface area contributed by atoms with Crippen molar-refractivity contribution in [2.75, 3.05) is 27.3 Å². The van der Waals surface area contributed by atoms with E-state index in [2.05, 4.69) is 11.9 Å². The third-order valence-electron chi connectivity index (χ3n) is 5.87. The Morgan fingerprint density at radius 1 is 1.09 bits per heavy atom. The first-order valence-electron chi connectivity index (χ1n) is 10.7. The van der Waals surface area contributed by atoms with Crippen LogP contribution in [0.15, 0.2) is 46.3 Å². The molecule has 2 aromatic carbocycles. The van der Waals surface area contributed by atoms with Gasteiger partial charge in [0.05, 0.1) is 19.1 Å². The van der Waals surface area contributed by atoms with Crippen molar-refractivity contribution in [2.45, 2.75) is 24.7 Å². The van der Waals surface area contributed by atoms with Gasteiger partial charge in [0, 0.05) is 25.7 Å². The minimum Gasteiger partial charge on any atom is -0.495 e. The van der Waals surface area contributed by atoms with Crippen molar-refractivity contribution in [3.05, 3.63) is 46.8 Å². The van der Waals surface area contributed by atoms with Crippen LogP contribution in [0.2, 0.25) is 0 Å². The Hall–Kier alpha value is -2.69. The van der Waals surface area contributed by atoms with Gasteiger partial charge in [-0.3, -0.25) is 4.79 Å². The topological polar surface area (TPSA) is 90.2 Å². The second kappa shape index (κ2) is 9.28. The lowest BCUT2D eigenvalue weighted by atomic mass is 10.0. The van der Waals surface area contributed by atoms with Crippen LogP contribution < -0.4 is 14.3 Å². The summed E-state index contributed by atoms with van der Waals surface area (Å²) in [5.74, 6) is 1.21. The Bertz CT molecular complexity index is 1360. The maximum atomic E-state index is 13.0. The normalized spacial score (nSPS) is 17.9. The molecular formula is C23H27N3O5S2. The molecule has 1 aliphatic heterocycles. The van der Waals surface area contributed by atoms with Crippen molar-refractivity contribution in [2.24, 2.45) is 18.0 Å². The molecular weight excluding hydrogens is 462 g/mol. The molecule has 4 rings (SSSR count). The van der Waals surface area contributed by atoms with Crippen molar-refractivity contribution in [1.82, 2.24) is 8.87 Å². The molecule has 2 heterocycles.